The monoisotopic (exact) mass is 412 g/mol. The molecule has 2 aromatic rings. The van der Waals surface area contributed by atoms with E-state index in [-0.39, 0.29) is 18.4 Å². The number of hydrogen-bond donors (Lipinski definition) is 2. The van der Waals surface area contributed by atoms with Crippen LogP contribution in [0.1, 0.15) is 57.8 Å². The number of esters is 1. The van der Waals surface area contributed by atoms with Crippen LogP contribution < -0.4 is 10.6 Å². The predicted molar refractivity (Wildman–Crippen MR) is 114 cm³/mol. The minimum Gasteiger partial charge on any atom is -0.462 e. The maximum Gasteiger partial charge on any atom is 0.341 e. The lowest BCUT2D eigenvalue weighted by molar-refractivity contribution is -0.111. The molecule has 0 spiro atoms. The standard InChI is InChI=1S/C22H24N2O4S/c1-3-17-13-18(22(27)28-4-2)21(29-17)24-19(25)12-7-14-5-8-15(9-6-14)20(26)23-16-10-11-16/h5-9,12-13,16H,3-4,10-11H2,1-2H3,(H,23,26)(H,24,25). The molecule has 2 N–H and O–H groups in total. The zero-order chi connectivity index (χ0) is 20.8. The highest BCUT2D eigenvalue weighted by atomic mass is 32.1. The number of anilines is 1. The lowest BCUT2D eigenvalue weighted by Gasteiger charge is -2.04. The van der Waals surface area contributed by atoms with Crippen molar-refractivity contribution in [3.63, 3.8) is 0 Å². The van der Waals surface area contributed by atoms with Gasteiger partial charge in [-0.25, -0.2) is 4.79 Å². The van der Waals surface area contributed by atoms with Gasteiger partial charge in [-0.05, 0) is 56.0 Å². The lowest BCUT2D eigenvalue weighted by atomic mass is 10.1. The second-order valence-corrected chi connectivity index (χ2v) is 7.86. The molecule has 0 atom stereocenters. The summed E-state index contributed by atoms with van der Waals surface area (Å²) in [4.78, 5) is 37.4. The fourth-order valence-electron chi connectivity index (χ4n) is 2.64. The van der Waals surface area contributed by atoms with E-state index in [4.69, 9.17) is 4.74 Å². The van der Waals surface area contributed by atoms with Crippen molar-refractivity contribution in [2.45, 2.75) is 39.2 Å². The Morgan fingerprint density at radius 1 is 1.17 bits per heavy atom. The van der Waals surface area contributed by atoms with Gasteiger partial charge in [-0.1, -0.05) is 19.1 Å². The third-order valence-electron chi connectivity index (χ3n) is 4.38. The quantitative estimate of drug-likeness (QED) is 0.506. The first kappa shape index (κ1) is 20.8. The average molecular weight is 413 g/mol. The first-order valence-electron chi connectivity index (χ1n) is 9.70. The summed E-state index contributed by atoms with van der Waals surface area (Å²) in [6.07, 6.45) is 5.92. The van der Waals surface area contributed by atoms with E-state index < -0.39 is 5.97 Å². The number of benzene rings is 1. The number of nitrogens with one attached hydrogen (secondary N) is 2. The van der Waals surface area contributed by atoms with E-state index >= 15 is 0 Å². The molecular weight excluding hydrogens is 388 g/mol. The van der Waals surface area contributed by atoms with E-state index in [0.717, 1.165) is 29.7 Å². The number of amides is 2. The summed E-state index contributed by atoms with van der Waals surface area (Å²) in [6, 6.07) is 9.12. The number of aryl methyl sites for hydroxylation is 1. The largest absolute Gasteiger partial charge is 0.462 e. The van der Waals surface area contributed by atoms with Gasteiger partial charge < -0.3 is 15.4 Å². The second kappa shape index (κ2) is 9.52. The van der Waals surface area contributed by atoms with Crippen molar-refractivity contribution in [2.75, 3.05) is 11.9 Å². The van der Waals surface area contributed by atoms with Crippen LogP contribution in [-0.4, -0.2) is 30.4 Å². The molecule has 1 aliphatic rings. The van der Waals surface area contributed by atoms with E-state index in [9.17, 15) is 14.4 Å². The van der Waals surface area contributed by atoms with E-state index in [1.54, 1.807) is 43.3 Å². The van der Waals surface area contributed by atoms with Gasteiger partial charge in [0.05, 0.1) is 12.2 Å². The smallest absolute Gasteiger partial charge is 0.341 e. The molecule has 6 nitrogen and oxygen atoms in total. The predicted octanol–water partition coefficient (Wildman–Crippen LogP) is 4.03. The zero-order valence-electron chi connectivity index (χ0n) is 16.5. The topological polar surface area (TPSA) is 84.5 Å². The van der Waals surface area contributed by atoms with Gasteiger partial charge in [0, 0.05) is 22.6 Å². The van der Waals surface area contributed by atoms with Gasteiger partial charge in [0.25, 0.3) is 5.91 Å². The molecule has 2 amide bonds. The van der Waals surface area contributed by atoms with Crippen molar-refractivity contribution in [3.05, 3.63) is 58.0 Å². The van der Waals surface area contributed by atoms with Crippen LogP contribution in [0.5, 0.6) is 0 Å². The van der Waals surface area contributed by atoms with Crippen molar-refractivity contribution in [3.8, 4) is 0 Å². The molecule has 0 aliphatic heterocycles. The highest BCUT2D eigenvalue weighted by Gasteiger charge is 2.23. The third-order valence-corrected chi connectivity index (χ3v) is 5.57. The normalized spacial score (nSPS) is 13.3. The maximum absolute atomic E-state index is 12.3. The van der Waals surface area contributed by atoms with Crippen LogP contribution >= 0.6 is 11.3 Å². The Labute approximate surface area is 174 Å². The van der Waals surface area contributed by atoms with Gasteiger partial charge in [0.15, 0.2) is 0 Å². The number of thiophene rings is 1. The van der Waals surface area contributed by atoms with Crippen molar-refractivity contribution in [1.82, 2.24) is 5.32 Å². The molecule has 29 heavy (non-hydrogen) atoms. The third kappa shape index (κ3) is 5.77. The molecule has 1 saturated carbocycles. The Hall–Kier alpha value is -2.93. The molecular formula is C22H24N2O4S. The average Bonchev–Trinajstić information content (AvgIpc) is 3.44. The number of ether oxygens (including phenoxy) is 1. The van der Waals surface area contributed by atoms with Gasteiger partial charge in [0.1, 0.15) is 5.00 Å². The van der Waals surface area contributed by atoms with Gasteiger partial charge in [-0.2, -0.15) is 0 Å². The van der Waals surface area contributed by atoms with Gasteiger partial charge >= 0.3 is 5.97 Å². The molecule has 1 aliphatic carbocycles. The first-order valence-corrected chi connectivity index (χ1v) is 10.5. The Morgan fingerprint density at radius 2 is 1.90 bits per heavy atom. The molecule has 1 aromatic carbocycles. The van der Waals surface area contributed by atoms with Gasteiger partial charge in [-0.15, -0.1) is 11.3 Å². The summed E-state index contributed by atoms with van der Waals surface area (Å²) in [5.41, 5.74) is 1.78. The van der Waals surface area contributed by atoms with Gasteiger partial charge in [-0.3, -0.25) is 9.59 Å². The Morgan fingerprint density at radius 3 is 2.52 bits per heavy atom. The zero-order valence-corrected chi connectivity index (χ0v) is 17.3. The summed E-state index contributed by atoms with van der Waals surface area (Å²) in [7, 11) is 0. The van der Waals surface area contributed by atoms with Crippen LogP contribution in [0, 0.1) is 0 Å². The highest BCUT2D eigenvalue weighted by Crippen LogP contribution is 2.29. The van der Waals surface area contributed by atoms with E-state index in [1.165, 1.54) is 17.4 Å². The Kier molecular flexibility index (Phi) is 6.82. The summed E-state index contributed by atoms with van der Waals surface area (Å²) in [5.74, 6) is -0.852. The van der Waals surface area contributed by atoms with Crippen LogP contribution in [0.3, 0.4) is 0 Å². The van der Waals surface area contributed by atoms with Crippen molar-refractivity contribution in [1.29, 1.82) is 0 Å². The van der Waals surface area contributed by atoms with Crippen molar-refractivity contribution < 1.29 is 19.1 Å². The first-order chi connectivity index (χ1) is 14.0. The summed E-state index contributed by atoms with van der Waals surface area (Å²) < 4.78 is 5.06. The van der Waals surface area contributed by atoms with Crippen molar-refractivity contribution in [2.24, 2.45) is 0 Å². The molecule has 152 valence electrons. The summed E-state index contributed by atoms with van der Waals surface area (Å²) in [6.45, 7) is 4.01. The van der Waals surface area contributed by atoms with Crippen LogP contribution in [-0.2, 0) is 16.0 Å². The maximum atomic E-state index is 12.3. The number of hydrogen-bond acceptors (Lipinski definition) is 5. The van der Waals surface area contributed by atoms with E-state index in [0.29, 0.717) is 22.2 Å². The second-order valence-electron chi connectivity index (χ2n) is 6.72. The molecule has 7 heteroatoms. The SMILES string of the molecule is CCOC(=O)c1cc(CC)sc1NC(=O)C=Cc1ccc(C(=O)NC2CC2)cc1. The van der Waals surface area contributed by atoms with Crippen LogP contribution in [0.25, 0.3) is 6.08 Å². The Bertz CT molecular complexity index is 927. The number of carbonyl (C=O) groups excluding carboxylic acids is 3. The van der Waals surface area contributed by atoms with Crippen molar-refractivity contribution >= 4 is 40.2 Å². The molecule has 1 heterocycles. The van der Waals surface area contributed by atoms with E-state index in [1.807, 2.05) is 6.92 Å². The molecule has 0 radical (unpaired) electrons. The number of carbonyl (C=O) groups is 3. The van der Waals surface area contributed by atoms with E-state index in [2.05, 4.69) is 10.6 Å². The van der Waals surface area contributed by atoms with Crippen LogP contribution in [0.15, 0.2) is 36.4 Å². The summed E-state index contributed by atoms with van der Waals surface area (Å²) >= 11 is 1.37. The molecule has 3 rings (SSSR count). The molecule has 0 unspecified atom stereocenters. The fraction of sp³-hybridized carbons (Fsp3) is 0.318. The summed E-state index contributed by atoms with van der Waals surface area (Å²) in [5, 5.41) is 6.19. The number of rotatable bonds is 8. The molecule has 1 fully saturated rings. The highest BCUT2D eigenvalue weighted by molar-refractivity contribution is 7.16. The minimum atomic E-state index is -0.442. The molecule has 1 aromatic heterocycles. The molecule has 0 saturated heterocycles. The Balaban J connectivity index is 1.62. The fourth-order valence-corrected chi connectivity index (χ4v) is 3.62. The lowest BCUT2D eigenvalue weighted by Crippen LogP contribution is -2.25. The van der Waals surface area contributed by atoms with Crippen LogP contribution in [0.2, 0.25) is 0 Å². The van der Waals surface area contributed by atoms with Crippen LogP contribution in [0.4, 0.5) is 5.00 Å². The minimum absolute atomic E-state index is 0.0725. The van der Waals surface area contributed by atoms with Gasteiger partial charge in [0.2, 0.25) is 5.91 Å². The molecule has 0 bridgehead atoms.